The highest BCUT2D eigenvalue weighted by molar-refractivity contribution is 6.36. The largest absolute Gasteiger partial charge is 0.386 e. The van der Waals surface area contributed by atoms with Crippen LogP contribution in [0.5, 0.6) is 0 Å². The van der Waals surface area contributed by atoms with Gasteiger partial charge in [0.1, 0.15) is 23.2 Å². The molecule has 0 aliphatic heterocycles. The van der Waals surface area contributed by atoms with Crippen LogP contribution in [0.4, 0.5) is 5.82 Å². The number of anilines is 1. The number of benzene rings is 2. The number of aromatic nitrogens is 4. The van der Waals surface area contributed by atoms with Crippen molar-refractivity contribution in [3.63, 3.8) is 0 Å². The predicted molar refractivity (Wildman–Crippen MR) is 142 cm³/mol. The topological polar surface area (TPSA) is 113 Å². The third-order valence-corrected chi connectivity index (χ3v) is 6.57. The number of rotatable bonds is 5. The number of aromatic amines is 1. The van der Waals surface area contributed by atoms with Crippen LogP contribution >= 0.6 is 11.6 Å². The molecule has 0 spiro atoms. The first-order valence-electron chi connectivity index (χ1n) is 11.4. The van der Waals surface area contributed by atoms with Crippen molar-refractivity contribution in [3.8, 4) is 5.69 Å². The lowest BCUT2D eigenvalue weighted by Gasteiger charge is -2.25. The fourth-order valence-corrected chi connectivity index (χ4v) is 4.95. The SMILES string of the molecule is C[C@H](Nc1ncnc2[nH]ccc(=O)c12)c1c(Cl)c2cccc(C(C)(C)O)c2c(=O)n1-c1ccccc1. The van der Waals surface area contributed by atoms with E-state index in [0.29, 0.717) is 49.6 Å². The fourth-order valence-electron chi connectivity index (χ4n) is 4.54. The van der Waals surface area contributed by atoms with E-state index in [1.165, 1.54) is 18.6 Å². The zero-order valence-corrected chi connectivity index (χ0v) is 20.7. The van der Waals surface area contributed by atoms with Crippen molar-refractivity contribution >= 4 is 39.2 Å². The molecule has 5 aromatic rings. The van der Waals surface area contributed by atoms with Crippen molar-refractivity contribution in [2.45, 2.75) is 32.4 Å². The number of aliphatic hydroxyl groups is 1. The molecule has 3 aromatic heterocycles. The highest BCUT2D eigenvalue weighted by Gasteiger charge is 2.27. The number of H-pyrrole nitrogens is 1. The van der Waals surface area contributed by atoms with Gasteiger partial charge in [0.2, 0.25) is 0 Å². The molecule has 0 aliphatic carbocycles. The molecule has 3 heterocycles. The van der Waals surface area contributed by atoms with Gasteiger partial charge in [-0.1, -0.05) is 48.0 Å². The molecule has 0 saturated carbocycles. The summed E-state index contributed by atoms with van der Waals surface area (Å²) >= 11 is 7.02. The van der Waals surface area contributed by atoms with Crippen LogP contribution in [-0.4, -0.2) is 24.6 Å². The first-order valence-corrected chi connectivity index (χ1v) is 11.8. The first kappa shape index (κ1) is 23.7. The third-order valence-electron chi connectivity index (χ3n) is 6.17. The van der Waals surface area contributed by atoms with Crippen molar-refractivity contribution in [1.29, 1.82) is 0 Å². The highest BCUT2D eigenvalue weighted by atomic mass is 35.5. The number of nitrogens with one attached hydrogen (secondary N) is 2. The molecule has 3 N–H and O–H groups in total. The lowest BCUT2D eigenvalue weighted by molar-refractivity contribution is 0.0801. The average Bonchev–Trinajstić information content (AvgIpc) is 2.85. The van der Waals surface area contributed by atoms with Crippen molar-refractivity contribution in [2.24, 2.45) is 0 Å². The summed E-state index contributed by atoms with van der Waals surface area (Å²) in [6.07, 6.45) is 2.88. The Morgan fingerprint density at radius 3 is 2.50 bits per heavy atom. The summed E-state index contributed by atoms with van der Waals surface area (Å²) in [5.74, 6) is 0.322. The third kappa shape index (κ3) is 3.94. The first-order chi connectivity index (χ1) is 17.2. The molecule has 0 fully saturated rings. The fraction of sp³-hybridized carbons (Fsp3) is 0.185. The molecule has 2 aromatic carbocycles. The van der Waals surface area contributed by atoms with E-state index in [4.69, 9.17) is 11.6 Å². The molecule has 1 atom stereocenters. The number of fused-ring (bicyclic) bond motifs is 2. The maximum atomic E-state index is 14.1. The normalized spacial score (nSPS) is 12.7. The smallest absolute Gasteiger partial charge is 0.263 e. The lowest BCUT2D eigenvalue weighted by atomic mass is 9.92. The van der Waals surface area contributed by atoms with Gasteiger partial charge >= 0.3 is 0 Å². The molecule has 182 valence electrons. The summed E-state index contributed by atoms with van der Waals surface area (Å²) in [6.45, 7) is 5.12. The van der Waals surface area contributed by atoms with Crippen LogP contribution in [0.2, 0.25) is 5.02 Å². The second-order valence-corrected chi connectivity index (χ2v) is 9.49. The van der Waals surface area contributed by atoms with Crippen LogP contribution in [0, 0.1) is 0 Å². The summed E-state index contributed by atoms with van der Waals surface area (Å²) in [5, 5.41) is 15.6. The summed E-state index contributed by atoms with van der Waals surface area (Å²) < 4.78 is 1.55. The number of hydrogen-bond donors (Lipinski definition) is 3. The monoisotopic (exact) mass is 501 g/mol. The Morgan fingerprint density at radius 1 is 1.03 bits per heavy atom. The van der Waals surface area contributed by atoms with E-state index in [-0.39, 0.29) is 11.0 Å². The van der Waals surface area contributed by atoms with E-state index in [2.05, 4.69) is 20.3 Å². The Kier molecular flexibility index (Phi) is 5.86. The molecule has 0 saturated heterocycles. The zero-order valence-electron chi connectivity index (χ0n) is 19.9. The Balaban J connectivity index is 1.80. The standard InChI is InChI=1S/C27H24ClN5O3/c1-15(32-25-21-19(34)12-13-29-24(21)30-14-31-25)23-22(28)17-10-7-11-18(27(2,3)36)20(17)26(35)33(23)16-8-5-4-6-9-16/h4-15,36H,1-3H3,(H2,29,30,31,32,34)/t15-/m0/s1. The Hall–Kier alpha value is -4.01. The molecule has 0 amide bonds. The molecule has 36 heavy (non-hydrogen) atoms. The number of hydrogen-bond acceptors (Lipinski definition) is 6. The van der Waals surface area contributed by atoms with Gasteiger partial charge in [-0.25, -0.2) is 9.97 Å². The van der Waals surface area contributed by atoms with Gasteiger partial charge in [0.05, 0.1) is 27.7 Å². The quantitative estimate of drug-likeness (QED) is 0.322. The molecule has 8 nitrogen and oxygen atoms in total. The van der Waals surface area contributed by atoms with Crippen molar-refractivity contribution < 1.29 is 5.11 Å². The van der Waals surface area contributed by atoms with Gasteiger partial charge in [0.25, 0.3) is 5.56 Å². The van der Waals surface area contributed by atoms with Gasteiger partial charge in [-0.3, -0.25) is 14.2 Å². The lowest BCUT2D eigenvalue weighted by Crippen LogP contribution is -2.29. The van der Waals surface area contributed by atoms with E-state index in [1.54, 1.807) is 36.6 Å². The van der Waals surface area contributed by atoms with Crippen LogP contribution in [-0.2, 0) is 5.60 Å². The molecule has 9 heteroatoms. The maximum Gasteiger partial charge on any atom is 0.263 e. The van der Waals surface area contributed by atoms with E-state index < -0.39 is 11.6 Å². The Morgan fingerprint density at radius 2 is 1.78 bits per heavy atom. The summed E-state index contributed by atoms with van der Waals surface area (Å²) in [5.41, 5.74) is 0.178. The molecule has 0 aliphatic rings. The van der Waals surface area contributed by atoms with E-state index in [0.717, 1.165) is 0 Å². The van der Waals surface area contributed by atoms with Crippen LogP contribution in [0.3, 0.4) is 0 Å². The van der Waals surface area contributed by atoms with Crippen LogP contribution in [0.1, 0.15) is 38.1 Å². The number of pyridine rings is 2. The van der Waals surface area contributed by atoms with E-state index in [1.807, 2.05) is 37.3 Å². The molecule has 0 unspecified atom stereocenters. The van der Waals surface area contributed by atoms with Gasteiger partial charge in [0.15, 0.2) is 5.43 Å². The summed E-state index contributed by atoms with van der Waals surface area (Å²) in [4.78, 5) is 38.0. The highest BCUT2D eigenvalue weighted by Crippen LogP contribution is 2.36. The molecule has 5 rings (SSSR count). The van der Waals surface area contributed by atoms with Crippen LogP contribution in [0.25, 0.3) is 27.5 Å². The van der Waals surface area contributed by atoms with Crippen molar-refractivity contribution in [3.05, 3.63) is 104 Å². The van der Waals surface area contributed by atoms with Gasteiger partial charge in [-0.15, -0.1) is 0 Å². The van der Waals surface area contributed by atoms with Crippen molar-refractivity contribution in [1.82, 2.24) is 19.5 Å². The Labute approximate surface area is 211 Å². The Bertz CT molecular complexity index is 1720. The minimum absolute atomic E-state index is 0.237. The van der Waals surface area contributed by atoms with E-state index >= 15 is 0 Å². The molecular weight excluding hydrogens is 478 g/mol. The summed E-state index contributed by atoms with van der Waals surface area (Å²) in [6, 6.07) is 15.3. The van der Waals surface area contributed by atoms with Crippen LogP contribution < -0.4 is 16.3 Å². The second-order valence-electron chi connectivity index (χ2n) is 9.12. The minimum atomic E-state index is -1.26. The van der Waals surface area contributed by atoms with E-state index in [9.17, 15) is 14.7 Å². The number of para-hydroxylation sites is 1. The van der Waals surface area contributed by atoms with Gasteiger partial charge < -0.3 is 15.4 Å². The molecule has 0 radical (unpaired) electrons. The number of halogens is 1. The predicted octanol–water partition coefficient (Wildman–Crippen LogP) is 4.68. The minimum Gasteiger partial charge on any atom is -0.386 e. The maximum absolute atomic E-state index is 14.1. The van der Waals surface area contributed by atoms with Crippen LogP contribution in [0.15, 0.2) is 76.7 Å². The van der Waals surface area contributed by atoms with Crippen molar-refractivity contribution in [2.75, 3.05) is 5.32 Å². The summed E-state index contributed by atoms with van der Waals surface area (Å²) in [7, 11) is 0. The van der Waals surface area contributed by atoms with Gasteiger partial charge in [-0.2, -0.15) is 0 Å². The second kappa shape index (κ2) is 8.89. The molecular formula is C27H24ClN5O3. The van der Waals surface area contributed by atoms with Gasteiger partial charge in [-0.05, 0) is 38.5 Å². The average molecular weight is 502 g/mol. The zero-order chi connectivity index (χ0) is 25.6. The molecule has 0 bridgehead atoms. The number of nitrogens with zero attached hydrogens (tertiary/aromatic N) is 3. The van der Waals surface area contributed by atoms with Gasteiger partial charge in [0, 0.05) is 23.3 Å².